The van der Waals surface area contributed by atoms with E-state index in [2.05, 4.69) is 111 Å². The van der Waals surface area contributed by atoms with E-state index in [9.17, 15) is 19.0 Å². The van der Waals surface area contributed by atoms with Crippen LogP contribution in [-0.4, -0.2) is 69.4 Å². The van der Waals surface area contributed by atoms with Crippen LogP contribution in [0.25, 0.3) is 0 Å². The lowest BCUT2D eigenvalue weighted by Crippen LogP contribution is -2.47. The zero-order valence-corrected chi connectivity index (χ0v) is 61.4. The molecule has 0 spiro atoms. The number of carbonyl (C=O) groups excluding carboxylic acids is 2. The van der Waals surface area contributed by atoms with Gasteiger partial charge in [0.25, 0.3) is 7.82 Å². The molecule has 0 aromatic heterocycles. The summed E-state index contributed by atoms with van der Waals surface area (Å²) in [6.07, 6.45) is 95.3. The van der Waals surface area contributed by atoms with Gasteiger partial charge in [-0.15, -0.1) is 0 Å². The highest BCUT2D eigenvalue weighted by Gasteiger charge is 2.27. The van der Waals surface area contributed by atoms with Crippen molar-refractivity contribution in [2.75, 3.05) is 40.9 Å². The van der Waals surface area contributed by atoms with Crippen LogP contribution in [0.5, 0.6) is 0 Å². The number of amides is 1. The molecule has 9 nitrogen and oxygen atoms in total. The first-order valence-corrected chi connectivity index (χ1v) is 40.0. The predicted molar refractivity (Wildman–Crippen MR) is 394 cm³/mol. The maximum atomic E-state index is 13.6. The molecule has 0 aromatic carbocycles. The van der Waals surface area contributed by atoms with E-state index in [1.165, 1.54) is 225 Å². The van der Waals surface area contributed by atoms with Gasteiger partial charge in [0, 0.05) is 12.8 Å². The molecule has 0 aliphatic carbocycles. The molecule has 0 saturated heterocycles. The van der Waals surface area contributed by atoms with Gasteiger partial charge in [0.05, 0.1) is 33.8 Å². The first-order chi connectivity index (χ1) is 44.4. The van der Waals surface area contributed by atoms with Crippen molar-refractivity contribution in [2.45, 2.75) is 367 Å². The van der Waals surface area contributed by atoms with Crippen LogP contribution in [0.2, 0.25) is 0 Å². The minimum Gasteiger partial charge on any atom is -0.756 e. The molecule has 0 fully saturated rings. The number of allylic oxidation sites excluding steroid dienone is 15. The lowest BCUT2D eigenvalue weighted by atomic mass is 10.0. The average Bonchev–Trinajstić information content (AvgIpc) is 3.45. The quantitative estimate of drug-likeness (QED) is 0.0212. The van der Waals surface area contributed by atoms with Crippen molar-refractivity contribution < 1.29 is 37.3 Å². The third-order valence-electron chi connectivity index (χ3n) is 17.0. The molecule has 0 bridgehead atoms. The van der Waals surface area contributed by atoms with Crippen LogP contribution < -0.4 is 10.2 Å². The Hall–Kier alpha value is -3.07. The van der Waals surface area contributed by atoms with Crippen molar-refractivity contribution in [3.8, 4) is 0 Å². The molecule has 0 saturated carbocycles. The van der Waals surface area contributed by atoms with E-state index >= 15 is 0 Å². The molecule has 0 radical (unpaired) electrons. The molecule has 91 heavy (non-hydrogen) atoms. The second-order valence-corrected chi connectivity index (χ2v) is 28.6. The number of phosphoric acid groups is 1. The number of nitrogens with one attached hydrogen (secondary N) is 1. The second kappa shape index (κ2) is 69.8. The first-order valence-electron chi connectivity index (χ1n) is 38.5. The predicted octanol–water partition coefficient (Wildman–Crippen LogP) is 24.4. The van der Waals surface area contributed by atoms with Gasteiger partial charge in [0.1, 0.15) is 19.3 Å². The van der Waals surface area contributed by atoms with Gasteiger partial charge >= 0.3 is 5.97 Å². The van der Waals surface area contributed by atoms with Gasteiger partial charge < -0.3 is 28.5 Å². The molecule has 3 unspecified atom stereocenters. The molecule has 1 amide bonds. The summed E-state index contributed by atoms with van der Waals surface area (Å²) in [5.74, 6) is -0.538. The molecule has 0 heterocycles. The number of rotatable bonds is 70. The van der Waals surface area contributed by atoms with Crippen molar-refractivity contribution in [3.05, 3.63) is 97.2 Å². The summed E-state index contributed by atoms with van der Waals surface area (Å²) in [4.78, 5) is 40.3. The lowest BCUT2D eigenvalue weighted by molar-refractivity contribution is -0.870. The number of quaternary nitrogens is 1. The topological polar surface area (TPSA) is 114 Å². The highest BCUT2D eigenvalue weighted by atomic mass is 31.2. The first kappa shape index (κ1) is 87.9. The molecule has 0 aliphatic rings. The summed E-state index contributed by atoms with van der Waals surface area (Å²) in [5, 5.41) is 3.05. The number of likely N-dealkylation sites (N-methyl/N-ethyl adjacent to an activating group) is 1. The Morgan fingerprint density at radius 3 is 1.02 bits per heavy atom. The Morgan fingerprint density at radius 2 is 0.670 bits per heavy atom. The molecule has 0 aliphatic heterocycles. The average molecular weight is 1290 g/mol. The number of esters is 1. The van der Waals surface area contributed by atoms with Crippen LogP contribution in [-0.2, 0) is 27.9 Å². The summed E-state index contributed by atoms with van der Waals surface area (Å²) in [6, 6.07) is -0.897. The van der Waals surface area contributed by atoms with Crippen LogP contribution in [0.1, 0.15) is 355 Å². The molecule has 528 valence electrons. The van der Waals surface area contributed by atoms with E-state index < -0.39 is 26.6 Å². The maximum absolute atomic E-state index is 13.6. The number of unbranched alkanes of at least 4 members (excludes halogenated alkanes) is 40. The van der Waals surface area contributed by atoms with E-state index in [1.807, 2.05) is 33.3 Å². The Balaban J connectivity index is 5.03. The van der Waals surface area contributed by atoms with Gasteiger partial charge in [0.15, 0.2) is 0 Å². The van der Waals surface area contributed by atoms with Crippen LogP contribution in [0.15, 0.2) is 97.2 Å². The molecule has 0 rings (SSSR count). The normalized spacial score (nSPS) is 14.0. The SMILES string of the molecule is CCCCC/C=C\C/C=C\C/C=C\C/C=C\CCCCCCCCCCCCCC(=O)NC(COP(=O)([O-])OCC[N+](C)(C)C)C(/C=C/CCCCCCCCCCCCC)OC(=O)CCCCCCCCCCCCCC/C=C\C/C=C\C/C=C\CCCCC. The van der Waals surface area contributed by atoms with Gasteiger partial charge in [-0.2, -0.15) is 0 Å². The van der Waals surface area contributed by atoms with Gasteiger partial charge in [-0.1, -0.05) is 324 Å². The van der Waals surface area contributed by atoms with Crippen molar-refractivity contribution in [1.82, 2.24) is 5.32 Å². The van der Waals surface area contributed by atoms with Crippen molar-refractivity contribution in [2.24, 2.45) is 0 Å². The van der Waals surface area contributed by atoms with Gasteiger partial charge in [-0.05, 0) is 115 Å². The van der Waals surface area contributed by atoms with E-state index in [4.69, 9.17) is 13.8 Å². The fourth-order valence-corrected chi connectivity index (χ4v) is 11.8. The van der Waals surface area contributed by atoms with Crippen molar-refractivity contribution >= 4 is 19.7 Å². The molecule has 10 heteroatoms. The zero-order chi connectivity index (χ0) is 66.3. The van der Waals surface area contributed by atoms with Gasteiger partial charge in [-0.25, -0.2) is 0 Å². The Kier molecular flexibility index (Phi) is 67.4. The molecule has 3 atom stereocenters. The standard InChI is InChI=1S/C81H147N2O7P/c1-7-10-13-16-19-22-25-28-30-32-34-36-38-40-41-43-44-46-48-50-52-55-58-61-64-67-70-73-80(84)82-78(77-89-91(86,87)88-76-75-83(4,5)6)79(72-69-66-63-60-57-54-27-24-21-18-15-12-9-3)90-81(85)74-71-68-65-62-59-56-53-51-49-47-45-42-39-37-35-33-31-29-26-23-20-17-14-11-8-2/h19-20,22-23,28-31,34-37,40-41,69,72,78-79H,7-18,21,24-27,32-33,38-39,42-68,70-71,73-77H2,1-6H3,(H-,82,84,86,87)/b22-19-,23-20-,30-28-,31-29-,36-34-,37-35-,41-40-,72-69+. The minimum absolute atomic E-state index is 0.0259. The fraction of sp³-hybridized carbons (Fsp3) is 0.778. The minimum atomic E-state index is -4.71. The third kappa shape index (κ3) is 71.1. The number of hydrogen-bond acceptors (Lipinski definition) is 7. The molecular formula is C81H147N2O7P. The summed E-state index contributed by atoms with van der Waals surface area (Å²) in [7, 11) is 1.18. The Bertz CT molecular complexity index is 1880. The zero-order valence-electron chi connectivity index (χ0n) is 60.5. The largest absolute Gasteiger partial charge is 0.756 e. The number of hydrogen-bond donors (Lipinski definition) is 1. The van der Waals surface area contributed by atoms with Gasteiger partial charge in [-0.3, -0.25) is 14.2 Å². The fourth-order valence-electron chi connectivity index (χ4n) is 11.0. The highest BCUT2D eigenvalue weighted by molar-refractivity contribution is 7.45. The van der Waals surface area contributed by atoms with Crippen molar-refractivity contribution in [1.29, 1.82) is 0 Å². The van der Waals surface area contributed by atoms with E-state index in [0.717, 1.165) is 96.3 Å². The summed E-state index contributed by atoms with van der Waals surface area (Å²) in [5.41, 5.74) is 0. The molecule has 1 N–H and O–H groups in total. The van der Waals surface area contributed by atoms with Crippen LogP contribution >= 0.6 is 7.82 Å². The Labute approximate surface area is 564 Å². The number of carbonyl (C=O) groups is 2. The van der Waals surface area contributed by atoms with E-state index in [1.54, 1.807) is 0 Å². The van der Waals surface area contributed by atoms with Gasteiger partial charge in [0.2, 0.25) is 5.91 Å². The van der Waals surface area contributed by atoms with Crippen LogP contribution in [0, 0.1) is 0 Å². The Morgan fingerprint density at radius 1 is 0.385 bits per heavy atom. The number of phosphoric ester groups is 1. The molecule has 0 aromatic rings. The number of ether oxygens (including phenoxy) is 1. The highest BCUT2D eigenvalue weighted by Crippen LogP contribution is 2.38. The van der Waals surface area contributed by atoms with E-state index in [-0.39, 0.29) is 24.9 Å². The summed E-state index contributed by atoms with van der Waals surface area (Å²) in [6.45, 7) is 6.82. The monoisotopic (exact) mass is 1290 g/mol. The summed E-state index contributed by atoms with van der Waals surface area (Å²) >= 11 is 0. The summed E-state index contributed by atoms with van der Waals surface area (Å²) < 4.78 is 30.5. The van der Waals surface area contributed by atoms with Crippen LogP contribution in [0.3, 0.4) is 0 Å². The number of nitrogens with zero attached hydrogens (tertiary/aromatic N) is 1. The lowest BCUT2D eigenvalue weighted by Gasteiger charge is -2.30. The smallest absolute Gasteiger partial charge is 0.306 e. The second-order valence-electron chi connectivity index (χ2n) is 27.1. The van der Waals surface area contributed by atoms with E-state index in [0.29, 0.717) is 17.4 Å². The van der Waals surface area contributed by atoms with Crippen LogP contribution in [0.4, 0.5) is 0 Å². The maximum Gasteiger partial charge on any atom is 0.306 e. The third-order valence-corrected chi connectivity index (χ3v) is 18.0. The molecular weight excluding hydrogens is 1140 g/mol. The van der Waals surface area contributed by atoms with Crippen molar-refractivity contribution in [3.63, 3.8) is 0 Å².